The summed E-state index contributed by atoms with van der Waals surface area (Å²) in [4.78, 5) is 0. The van der Waals surface area contributed by atoms with Crippen molar-refractivity contribution in [1.29, 1.82) is 0 Å². The van der Waals surface area contributed by atoms with E-state index < -0.39 is 0 Å². The van der Waals surface area contributed by atoms with E-state index >= 15 is 0 Å². The molecule has 0 saturated heterocycles. The van der Waals surface area contributed by atoms with Gasteiger partial charge in [0.2, 0.25) is 0 Å². The minimum atomic E-state index is 0.314. The third-order valence-electron chi connectivity index (χ3n) is 5.57. The molecule has 33 heavy (non-hydrogen) atoms. The molecule has 0 fully saturated rings. The molecule has 176 valence electrons. The third kappa shape index (κ3) is 9.68. The lowest BCUT2D eigenvalue weighted by Crippen LogP contribution is -2.14. The van der Waals surface area contributed by atoms with Crippen molar-refractivity contribution in [2.24, 2.45) is 0 Å². The van der Waals surface area contributed by atoms with E-state index in [1.165, 1.54) is 31.2 Å². The molecule has 0 atom stereocenters. The van der Waals surface area contributed by atoms with E-state index in [0.29, 0.717) is 19.8 Å². The van der Waals surface area contributed by atoms with Crippen molar-refractivity contribution in [2.45, 2.75) is 58.3 Å². The molecule has 2 N–H and O–H groups in total. The molecule has 0 aliphatic heterocycles. The summed E-state index contributed by atoms with van der Waals surface area (Å²) in [5.74, 6) is 1.54. The molecule has 4 heteroatoms. The van der Waals surface area contributed by atoms with Gasteiger partial charge in [0.05, 0.1) is 0 Å². The van der Waals surface area contributed by atoms with Gasteiger partial charge in [-0.25, -0.2) is 0 Å². The zero-order chi connectivity index (χ0) is 23.0. The molecule has 0 heterocycles. The second kappa shape index (κ2) is 15.1. The molecule has 3 aromatic carbocycles. The molecule has 0 saturated carbocycles. The average Bonchev–Trinajstić information content (AvgIpc) is 2.87. The van der Waals surface area contributed by atoms with Crippen LogP contribution < -0.4 is 14.8 Å². The number of hydrogen-bond donors (Lipinski definition) is 2. The van der Waals surface area contributed by atoms with Crippen LogP contribution in [-0.2, 0) is 19.8 Å². The maximum Gasteiger partial charge on any atom is 0.162 e. The van der Waals surface area contributed by atoms with Crippen molar-refractivity contribution in [3.8, 4) is 11.5 Å². The van der Waals surface area contributed by atoms with Gasteiger partial charge in [0, 0.05) is 13.2 Å². The van der Waals surface area contributed by atoms with Crippen LogP contribution in [0.1, 0.15) is 55.2 Å². The largest absolute Gasteiger partial charge is 0.485 e. The number of benzene rings is 3. The number of aliphatic hydroxyl groups excluding tert-OH is 1. The summed E-state index contributed by atoms with van der Waals surface area (Å²) in [7, 11) is 0. The Balaban J connectivity index is 1.51. The Morgan fingerprint density at radius 1 is 0.576 bits per heavy atom. The van der Waals surface area contributed by atoms with Gasteiger partial charge in [0.1, 0.15) is 13.2 Å². The number of hydrogen-bond acceptors (Lipinski definition) is 4. The first-order valence-corrected chi connectivity index (χ1v) is 12.1. The first-order chi connectivity index (χ1) is 16.3. The Kier molecular flexibility index (Phi) is 11.4. The van der Waals surface area contributed by atoms with E-state index in [-0.39, 0.29) is 0 Å². The highest BCUT2D eigenvalue weighted by atomic mass is 16.5. The van der Waals surface area contributed by atoms with Crippen molar-refractivity contribution < 1.29 is 14.6 Å². The van der Waals surface area contributed by atoms with Gasteiger partial charge in [-0.15, -0.1) is 0 Å². The molecule has 0 aliphatic carbocycles. The van der Waals surface area contributed by atoms with Gasteiger partial charge in [-0.3, -0.25) is 0 Å². The number of nitrogens with one attached hydrogen (secondary N) is 1. The highest BCUT2D eigenvalue weighted by Crippen LogP contribution is 2.30. The molecule has 0 aromatic heterocycles. The quantitative estimate of drug-likeness (QED) is 0.254. The van der Waals surface area contributed by atoms with Crippen molar-refractivity contribution in [1.82, 2.24) is 5.32 Å². The summed E-state index contributed by atoms with van der Waals surface area (Å²) in [6.07, 6.45) is 6.93. The summed E-state index contributed by atoms with van der Waals surface area (Å²) in [5.41, 5.74) is 3.45. The van der Waals surface area contributed by atoms with E-state index in [4.69, 9.17) is 14.6 Å². The second-order valence-corrected chi connectivity index (χ2v) is 8.35. The number of ether oxygens (including phenoxy) is 2. The predicted octanol–water partition coefficient (Wildman–Crippen LogP) is 6.27. The zero-order valence-corrected chi connectivity index (χ0v) is 19.5. The molecule has 0 spiro atoms. The van der Waals surface area contributed by atoms with Gasteiger partial charge in [0.15, 0.2) is 11.5 Å². The van der Waals surface area contributed by atoms with Crippen LogP contribution in [0, 0.1) is 0 Å². The monoisotopic (exact) mass is 447 g/mol. The lowest BCUT2D eigenvalue weighted by Gasteiger charge is -2.15. The molecule has 0 radical (unpaired) electrons. The van der Waals surface area contributed by atoms with Gasteiger partial charge >= 0.3 is 0 Å². The molecule has 0 aliphatic rings. The molecule has 4 nitrogen and oxygen atoms in total. The van der Waals surface area contributed by atoms with Crippen molar-refractivity contribution in [2.75, 3.05) is 13.2 Å². The van der Waals surface area contributed by atoms with Crippen LogP contribution in [0.3, 0.4) is 0 Å². The van der Waals surface area contributed by atoms with Crippen LogP contribution in [-0.4, -0.2) is 18.3 Å². The second-order valence-electron chi connectivity index (χ2n) is 8.35. The summed E-state index contributed by atoms with van der Waals surface area (Å²) in [6, 6.07) is 26.6. The number of rotatable bonds is 16. The van der Waals surface area contributed by atoms with Crippen LogP contribution in [0.4, 0.5) is 0 Å². The molecular formula is C29H37NO3. The molecule has 0 unspecified atom stereocenters. The first-order valence-electron chi connectivity index (χ1n) is 12.1. The number of unbranched alkanes of at least 4 members (excludes halogenated alkanes) is 5. The van der Waals surface area contributed by atoms with Gasteiger partial charge in [-0.05, 0) is 48.2 Å². The SMILES string of the molecule is OCCCCCCCCNCc1ccc(OCc2ccccc2)c(OCc2ccccc2)c1. The first kappa shape index (κ1) is 24.8. The molecule has 3 rings (SSSR count). The smallest absolute Gasteiger partial charge is 0.162 e. The summed E-state index contributed by atoms with van der Waals surface area (Å²) < 4.78 is 12.3. The van der Waals surface area contributed by atoms with Gasteiger partial charge in [0.25, 0.3) is 0 Å². The van der Waals surface area contributed by atoms with E-state index in [2.05, 4.69) is 41.7 Å². The van der Waals surface area contributed by atoms with Crippen LogP contribution >= 0.6 is 0 Å². The van der Waals surface area contributed by atoms with Crippen LogP contribution in [0.2, 0.25) is 0 Å². The van der Waals surface area contributed by atoms with Gasteiger partial charge in [-0.2, -0.15) is 0 Å². The lowest BCUT2D eigenvalue weighted by molar-refractivity contribution is 0.255. The van der Waals surface area contributed by atoms with Gasteiger partial charge < -0.3 is 19.9 Å². The van der Waals surface area contributed by atoms with Gasteiger partial charge in [-0.1, -0.05) is 92.4 Å². The Bertz CT molecular complexity index is 899. The molecule has 0 bridgehead atoms. The fourth-order valence-electron chi connectivity index (χ4n) is 3.67. The Hall–Kier alpha value is -2.82. The fraction of sp³-hybridized carbons (Fsp3) is 0.379. The summed E-state index contributed by atoms with van der Waals surface area (Å²) in [5, 5.41) is 12.4. The van der Waals surface area contributed by atoms with E-state index in [0.717, 1.165) is 48.6 Å². The maximum absolute atomic E-state index is 8.83. The highest BCUT2D eigenvalue weighted by Gasteiger charge is 2.08. The van der Waals surface area contributed by atoms with E-state index in [1.54, 1.807) is 0 Å². The Morgan fingerprint density at radius 3 is 1.79 bits per heavy atom. The Morgan fingerprint density at radius 2 is 1.15 bits per heavy atom. The highest BCUT2D eigenvalue weighted by molar-refractivity contribution is 5.43. The summed E-state index contributed by atoms with van der Waals surface area (Å²) >= 11 is 0. The summed E-state index contributed by atoms with van der Waals surface area (Å²) in [6.45, 7) is 3.15. The average molecular weight is 448 g/mol. The van der Waals surface area contributed by atoms with Crippen LogP contribution in [0.15, 0.2) is 78.9 Å². The predicted molar refractivity (Wildman–Crippen MR) is 134 cm³/mol. The molecule has 3 aromatic rings. The van der Waals surface area contributed by atoms with Crippen molar-refractivity contribution in [3.63, 3.8) is 0 Å². The normalized spacial score (nSPS) is 10.8. The third-order valence-corrected chi connectivity index (χ3v) is 5.57. The minimum absolute atomic E-state index is 0.314. The molecular weight excluding hydrogens is 410 g/mol. The lowest BCUT2D eigenvalue weighted by atomic mass is 10.1. The maximum atomic E-state index is 8.83. The standard InChI is InChI=1S/C29H37NO3/c31-20-12-4-2-1-3-11-19-30-22-27-17-18-28(32-23-25-13-7-5-8-14-25)29(21-27)33-24-26-15-9-6-10-16-26/h5-10,13-18,21,30-31H,1-4,11-12,19-20,22-24H2. The van der Waals surface area contributed by atoms with Crippen LogP contribution in [0.25, 0.3) is 0 Å². The van der Waals surface area contributed by atoms with E-state index in [1.807, 2.05) is 42.5 Å². The number of aliphatic hydroxyl groups is 1. The fourth-order valence-corrected chi connectivity index (χ4v) is 3.67. The van der Waals surface area contributed by atoms with Crippen LogP contribution in [0.5, 0.6) is 11.5 Å². The minimum Gasteiger partial charge on any atom is -0.485 e. The Labute approximate surface area is 198 Å². The van der Waals surface area contributed by atoms with E-state index in [9.17, 15) is 0 Å². The van der Waals surface area contributed by atoms with Crippen molar-refractivity contribution >= 4 is 0 Å². The van der Waals surface area contributed by atoms with Crippen molar-refractivity contribution in [3.05, 3.63) is 95.6 Å². The topological polar surface area (TPSA) is 50.7 Å². The zero-order valence-electron chi connectivity index (χ0n) is 19.5. The molecule has 0 amide bonds.